The van der Waals surface area contributed by atoms with Crippen molar-refractivity contribution in [2.24, 2.45) is 0 Å². The molecule has 0 bridgehead atoms. The Morgan fingerprint density at radius 3 is 2.50 bits per heavy atom. The molecule has 0 unspecified atom stereocenters. The molecule has 32 heavy (non-hydrogen) atoms. The third-order valence-electron chi connectivity index (χ3n) is 5.63. The van der Waals surface area contributed by atoms with Crippen LogP contribution in [0.4, 0.5) is 10.1 Å². The van der Waals surface area contributed by atoms with Gasteiger partial charge in [0.1, 0.15) is 11.4 Å². The molecule has 1 aliphatic rings. The molecule has 2 aromatic carbocycles. The van der Waals surface area contributed by atoms with Gasteiger partial charge in [-0.2, -0.15) is 4.31 Å². The van der Waals surface area contributed by atoms with Crippen LogP contribution in [0.25, 0.3) is 0 Å². The summed E-state index contributed by atoms with van der Waals surface area (Å²) < 4.78 is 39.3. The average Bonchev–Trinajstić information content (AvgIpc) is 2.75. The van der Waals surface area contributed by atoms with E-state index in [1.54, 1.807) is 25.1 Å². The monoisotopic (exact) mass is 481 g/mol. The summed E-state index contributed by atoms with van der Waals surface area (Å²) in [6.45, 7) is 4.25. The van der Waals surface area contributed by atoms with E-state index in [2.05, 4.69) is 5.32 Å². The SMILES string of the molecule is CCS(=O)(=O)N1CC(=O)N(c2cccc(Cl)c2C)[C@@](C)(C(=O)NCc2ccc(F)cc2)C1. The van der Waals surface area contributed by atoms with E-state index in [1.165, 1.54) is 43.0 Å². The Bertz CT molecular complexity index is 1140. The summed E-state index contributed by atoms with van der Waals surface area (Å²) in [7, 11) is -3.72. The number of anilines is 1. The van der Waals surface area contributed by atoms with Crippen LogP contribution in [0, 0.1) is 12.7 Å². The quantitative estimate of drug-likeness (QED) is 0.687. The van der Waals surface area contributed by atoms with Gasteiger partial charge >= 0.3 is 0 Å². The van der Waals surface area contributed by atoms with Crippen molar-refractivity contribution in [1.29, 1.82) is 0 Å². The lowest BCUT2D eigenvalue weighted by Crippen LogP contribution is -2.70. The highest BCUT2D eigenvalue weighted by atomic mass is 35.5. The largest absolute Gasteiger partial charge is 0.350 e. The minimum atomic E-state index is -3.72. The van der Waals surface area contributed by atoms with Gasteiger partial charge < -0.3 is 5.32 Å². The summed E-state index contributed by atoms with van der Waals surface area (Å²) in [6, 6.07) is 10.7. The highest BCUT2D eigenvalue weighted by molar-refractivity contribution is 7.89. The summed E-state index contributed by atoms with van der Waals surface area (Å²) in [5.74, 6) is -1.65. The molecule has 3 rings (SSSR count). The van der Waals surface area contributed by atoms with E-state index < -0.39 is 33.2 Å². The van der Waals surface area contributed by atoms with Crippen molar-refractivity contribution >= 4 is 39.1 Å². The normalized spacial score (nSPS) is 19.8. The molecule has 1 N–H and O–H groups in total. The van der Waals surface area contributed by atoms with Gasteiger partial charge in [0.2, 0.25) is 21.8 Å². The molecule has 0 radical (unpaired) electrons. The molecule has 1 aliphatic heterocycles. The topological polar surface area (TPSA) is 86.8 Å². The molecule has 10 heteroatoms. The first kappa shape index (κ1) is 24.2. The number of hydrogen-bond donors (Lipinski definition) is 1. The zero-order valence-corrected chi connectivity index (χ0v) is 19.6. The van der Waals surface area contributed by atoms with Gasteiger partial charge in [0.05, 0.1) is 12.3 Å². The molecular formula is C22H25ClFN3O4S. The summed E-state index contributed by atoms with van der Waals surface area (Å²) in [5, 5.41) is 3.19. The highest BCUT2D eigenvalue weighted by Gasteiger charge is 2.51. The zero-order valence-electron chi connectivity index (χ0n) is 18.1. The van der Waals surface area contributed by atoms with E-state index in [-0.39, 0.29) is 25.4 Å². The number of sulfonamides is 1. The Morgan fingerprint density at radius 2 is 1.88 bits per heavy atom. The number of rotatable bonds is 6. The molecular weight excluding hydrogens is 457 g/mol. The summed E-state index contributed by atoms with van der Waals surface area (Å²) in [5.41, 5.74) is 0.170. The molecule has 0 aliphatic carbocycles. The van der Waals surface area contributed by atoms with Gasteiger partial charge in [0.15, 0.2) is 0 Å². The first-order valence-electron chi connectivity index (χ1n) is 10.1. The van der Waals surface area contributed by atoms with E-state index in [4.69, 9.17) is 11.6 Å². The molecule has 0 saturated carbocycles. The van der Waals surface area contributed by atoms with Crippen molar-refractivity contribution in [2.45, 2.75) is 32.9 Å². The number of carbonyl (C=O) groups is 2. The second kappa shape index (κ2) is 9.17. The Balaban J connectivity index is 2.00. The maximum atomic E-state index is 13.4. The maximum absolute atomic E-state index is 13.4. The highest BCUT2D eigenvalue weighted by Crippen LogP contribution is 2.35. The zero-order chi connectivity index (χ0) is 23.7. The van der Waals surface area contributed by atoms with Crippen LogP contribution >= 0.6 is 11.6 Å². The minimum absolute atomic E-state index is 0.0891. The van der Waals surface area contributed by atoms with E-state index in [9.17, 15) is 22.4 Å². The lowest BCUT2D eigenvalue weighted by Gasteiger charge is -2.47. The molecule has 1 saturated heterocycles. The van der Waals surface area contributed by atoms with Gasteiger partial charge in [-0.05, 0) is 56.2 Å². The lowest BCUT2D eigenvalue weighted by atomic mass is 9.93. The molecule has 1 fully saturated rings. The van der Waals surface area contributed by atoms with Crippen LogP contribution in [0.5, 0.6) is 0 Å². The molecule has 172 valence electrons. The van der Waals surface area contributed by atoms with Crippen molar-refractivity contribution < 1.29 is 22.4 Å². The standard InChI is InChI=1S/C22H25ClFN3O4S/c1-4-32(30,31)26-13-20(28)27(19-7-5-6-18(23)15(19)2)22(3,14-26)21(29)25-12-16-8-10-17(24)11-9-16/h5-11H,4,12-14H2,1-3H3,(H,25,29)/t22-/m1/s1. The van der Waals surface area contributed by atoms with Gasteiger partial charge in [-0.1, -0.05) is 29.8 Å². The predicted octanol–water partition coefficient (Wildman–Crippen LogP) is 2.86. The number of carbonyl (C=O) groups excluding carboxylic acids is 2. The van der Waals surface area contributed by atoms with Crippen LogP contribution in [0.3, 0.4) is 0 Å². The third kappa shape index (κ3) is 4.65. The maximum Gasteiger partial charge on any atom is 0.247 e. The number of hydrogen-bond acceptors (Lipinski definition) is 4. The summed E-state index contributed by atoms with van der Waals surface area (Å²) in [4.78, 5) is 28.0. The number of nitrogens with one attached hydrogen (secondary N) is 1. The number of halogens is 2. The smallest absolute Gasteiger partial charge is 0.247 e. The second-order valence-corrected chi connectivity index (χ2v) is 10.5. The number of benzene rings is 2. The number of piperazine rings is 1. The Labute approximate surface area is 192 Å². The van der Waals surface area contributed by atoms with Crippen LogP contribution in [0.1, 0.15) is 25.0 Å². The fraction of sp³-hybridized carbons (Fsp3) is 0.364. The van der Waals surface area contributed by atoms with Crippen molar-refractivity contribution in [3.63, 3.8) is 0 Å². The third-order valence-corrected chi connectivity index (χ3v) is 7.82. The molecule has 0 aromatic heterocycles. The Kier molecular flexibility index (Phi) is 6.92. The van der Waals surface area contributed by atoms with Crippen LogP contribution < -0.4 is 10.2 Å². The van der Waals surface area contributed by atoms with Crippen LogP contribution in [-0.2, 0) is 26.2 Å². The first-order chi connectivity index (χ1) is 15.0. The lowest BCUT2D eigenvalue weighted by molar-refractivity contribution is -0.133. The fourth-order valence-corrected chi connectivity index (χ4v) is 5.02. The van der Waals surface area contributed by atoms with Crippen molar-refractivity contribution in [2.75, 3.05) is 23.7 Å². The average molecular weight is 482 g/mol. The Morgan fingerprint density at radius 1 is 1.22 bits per heavy atom. The van der Waals surface area contributed by atoms with Gasteiger partial charge in [-0.25, -0.2) is 12.8 Å². The molecule has 0 spiro atoms. The predicted molar refractivity (Wildman–Crippen MR) is 121 cm³/mol. The fourth-order valence-electron chi connectivity index (χ4n) is 3.73. The van der Waals surface area contributed by atoms with E-state index in [0.717, 1.165) is 4.31 Å². The van der Waals surface area contributed by atoms with E-state index >= 15 is 0 Å². The van der Waals surface area contributed by atoms with E-state index in [0.29, 0.717) is 21.8 Å². The number of nitrogens with zero attached hydrogens (tertiary/aromatic N) is 2. The Hall–Kier alpha value is -2.49. The van der Waals surface area contributed by atoms with Crippen molar-refractivity contribution in [1.82, 2.24) is 9.62 Å². The van der Waals surface area contributed by atoms with Gasteiger partial charge in [-0.15, -0.1) is 0 Å². The van der Waals surface area contributed by atoms with Crippen molar-refractivity contribution in [3.05, 3.63) is 64.4 Å². The molecule has 2 amide bonds. The summed E-state index contributed by atoms with van der Waals surface area (Å²) in [6.07, 6.45) is 0. The summed E-state index contributed by atoms with van der Waals surface area (Å²) >= 11 is 6.26. The van der Waals surface area contributed by atoms with E-state index in [1.807, 2.05) is 0 Å². The first-order valence-corrected chi connectivity index (χ1v) is 12.1. The van der Waals surface area contributed by atoms with Crippen LogP contribution in [-0.4, -0.2) is 48.9 Å². The van der Waals surface area contributed by atoms with Gasteiger partial charge in [0, 0.05) is 23.8 Å². The second-order valence-electron chi connectivity index (χ2n) is 7.86. The molecule has 2 aromatic rings. The van der Waals surface area contributed by atoms with Gasteiger partial charge in [-0.3, -0.25) is 14.5 Å². The number of amides is 2. The molecule has 1 heterocycles. The minimum Gasteiger partial charge on any atom is -0.350 e. The molecule has 1 atom stereocenters. The van der Waals surface area contributed by atoms with Gasteiger partial charge in [0.25, 0.3) is 0 Å². The van der Waals surface area contributed by atoms with Crippen molar-refractivity contribution in [3.8, 4) is 0 Å². The van der Waals surface area contributed by atoms with Crippen LogP contribution in [0.2, 0.25) is 5.02 Å². The van der Waals surface area contributed by atoms with Crippen LogP contribution in [0.15, 0.2) is 42.5 Å². The molecule has 7 nitrogen and oxygen atoms in total.